The molecule has 1 aromatic heterocycles. The molecule has 8 nitrogen and oxygen atoms in total. The van der Waals surface area contributed by atoms with Gasteiger partial charge in [-0.2, -0.15) is 4.98 Å². The molecule has 0 bridgehead atoms. The van der Waals surface area contributed by atoms with Crippen molar-refractivity contribution in [2.45, 2.75) is 70.6 Å². The van der Waals surface area contributed by atoms with Crippen molar-refractivity contribution in [3.63, 3.8) is 0 Å². The van der Waals surface area contributed by atoms with Gasteiger partial charge >= 0.3 is 6.09 Å². The molecule has 0 spiro atoms. The van der Waals surface area contributed by atoms with Gasteiger partial charge in [0.05, 0.1) is 13.7 Å². The number of nitrogens with zero attached hydrogens (tertiary/aromatic N) is 4. The topological polar surface area (TPSA) is 75.2 Å². The smallest absolute Gasteiger partial charge is 0.410 e. The first-order valence-electron chi connectivity index (χ1n) is 11.4. The van der Waals surface area contributed by atoms with Gasteiger partial charge in [-0.15, -0.1) is 0 Å². The summed E-state index contributed by atoms with van der Waals surface area (Å²) < 4.78 is 52.6. The van der Waals surface area contributed by atoms with Crippen LogP contribution in [0.2, 0.25) is 0 Å². The van der Waals surface area contributed by atoms with E-state index >= 15 is 0 Å². The second kappa shape index (κ2) is 9.87. The first-order valence-corrected chi connectivity index (χ1v) is 11.4. The van der Waals surface area contributed by atoms with Crippen molar-refractivity contribution in [2.75, 3.05) is 38.7 Å². The fourth-order valence-electron chi connectivity index (χ4n) is 4.21. The largest absolute Gasteiger partial charge is 0.481 e. The van der Waals surface area contributed by atoms with Crippen molar-refractivity contribution in [2.24, 2.45) is 0 Å². The highest BCUT2D eigenvalue weighted by Crippen LogP contribution is 2.33. The molecule has 3 heterocycles. The molecule has 2 fully saturated rings. The van der Waals surface area contributed by atoms with E-state index < -0.39 is 29.5 Å². The standard InChI is InChI=1S/C23H33F3N4O4/c1-22(2,3)34-21(32)30-10-6-7-17(30)20(31)28(4)14-15-13-16(24)18(27-19(15)33-5)29-11-8-23(25,26)9-12-29/h13,17H,6-12,14H2,1-5H3/t17-/m0/s1. The molecule has 34 heavy (non-hydrogen) atoms. The lowest BCUT2D eigenvalue weighted by atomic mass is 10.1. The Morgan fingerprint density at radius 1 is 1.24 bits per heavy atom. The second-order valence-electron chi connectivity index (χ2n) is 9.83. The zero-order chi connectivity index (χ0) is 25.3. The molecule has 190 valence electrons. The molecule has 11 heteroatoms. The monoisotopic (exact) mass is 486 g/mol. The van der Waals surface area contributed by atoms with Crippen LogP contribution >= 0.6 is 0 Å². The minimum absolute atomic E-state index is 0.00291. The molecule has 0 unspecified atom stereocenters. The van der Waals surface area contributed by atoms with Crippen LogP contribution in [0, 0.1) is 5.82 Å². The lowest BCUT2D eigenvalue weighted by Crippen LogP contribution is -2.47. The summed E-state index contributed by atoms with van der Waals surface area (Å²) in [5, 5.41) is 0. The Morgan fingerprint density at radius 3 is 2.47 bits per heavy atom. The van der Waals surface area contributed by atoms with Crippen molar-refractivity contribution in [1.82, 2.24) is 14.8 Å². The predicted molar refractivity (Wildman–Crippen MR) is 120 cm³/mol. The Kier molecular flexibility index (Phi) is 7.52. The Hall–Kier alpha value is -2.72. The minimum Gasteiger partial charge on any atom is -0.481 e. The van der Waals surface area contributed by atoms with Crippen LogP contribution in [0.15, 0.2) is 6.07 Å². The summed E-state index contributed by atoms with van der Waals surface area (Å²) in [6.45, 7) is 5.68. The number of anilines is 1. The van der Waals surface area contributed by atoms with Crippen LogP contribution in [0.4, 0.5) is 23.8 Å². The summed E-state index contributed by atoms with van der Waals surface area (Å²) in [6.07, 6.45) is -0.105. The highest BCUT2D eigenvalue weighted by molar-refractivity contribution is 5.86. The highest BCUT2D eigenvalue weighted by Gasteiger charge is 2.38. The number of likely N-dealkylation sites (N-methyl/N-ethyl adjacent to an activating group) is 1. The van der Waals surface area contributed by atoms with E-state index in [9.17, 15) is 22.8 Å². The van der Waals surface area contributed by atoms with Crippen LogP contribution in [0.3, 0.4) is 0 Å². The molecular formula is C23H33F3N4O4. The number of hydrogen-bond acceptors (Lipinski definition) is 6. The number of carbonyl (C=O) groups excluding carboxylic acids is 2. The maximum atomic E-state index is 14.9. The molecule has 1 atom stereocenters. The van der Waals surface area contributed by atoms with Gasteiger partial charge in [0, 0.05) is 45.1 Å². The Bertz CT molecular complexity index is 912. The van der Waals surface area contributed by atoms with E-state index in [4.69, 9.17) is 9.47 Å². The summed E-state index contributed by atoms with van der Waals surface area (Å²) in [5.74, 6) is -3.65. The number of alkyl halides is 2. The zero-order valence-electron chi connectivity index (χ0n) is 20.4. The second-order valence-corrected chi connectivity index (χ2v) is 9.83. The maximum absolute atomic E-state index is 14.9. The Morgan fingerprint density at radius 2 is 1.88 bits per heavy atom. The van der Waals surface area contributed by atoms with Crippen LogP contribution in [0.5, 0.6) is 5.88 Å². The molecule has 0 aromatic carbocycles. The summed E-state index contributed by atoms with van der Waals surface area (Å²) in [6, 6.07) is 0.552. The maximum Gasteiger partial charge on any atom is 0.410 e. The first-order chi connectivity index (χ1) is 15.8. The van der Waals surface area contributed by atoms with E-state index in [-0.39, 0.29) is 50.1 Å². The number of ether oxygens (including phenoxy) is 2. The van der Waals surface area contributed by atoms with Gasteiger partial charge in [0.2, 0.25) is 11.8 Å². The van der Waals surface area contributed by atoms with E-state index in [0.717, 1.165) is 0 Å². The average Bonchev–Trinajstić information content (AvgIpc) is 3.22. The number of carbonyl (C=O) groups is 2. The molecule has 0 N–H and O–H groups in total. The van der Waals surface area contributed by atoms with Gasteiger partial charge < -0.3 is 19.3 Å². The van der Waals surface area contributed by atoms with E-state index in [1.54, 1.807) is 27.8 Å². The van der Waals surface area contributed by atoms with Crippen LogP contribution in [0.25, 0.3) is 0 Å². The molecule has 2 aliphatic heterocycles. The number of rotatable bonds is 5. The number of halogens is 3. The molecule has 2 amide bonds. The molecule has 1 aromatic rings. The lowest BCUT2D eigenvalue weighted by Gasteiger charge is -2.33. The number of piperidine rings is 1. The highest BCUT2D eigenvalue weighted by atomic mass is 19.3. The summed E-state index contributed by atoms with van der Waals surface area (Å²) in [4.78, 5) is 34.2. The van der Waals surface area contributed by atoms with E-state index in [0.29, 0.717) is 24.9 Å². The number of pyridine rings is 1. The normalized spacial score (nSPS) is 20.3. The van der Waals surface area contributed by atoms with Crippen LogP contribution in [0.1, 0.15) is 52.0 Å². The summed E-state index contributed by atoms with van der Waals surface area (Å²) in [7, 11) is 2.94. The predicted octanol–water partition coefficient (Wildman–Crippen LogP) is 3.82. The third-order valence-electron chi connectivity index (χ3n) is 5.93. The molecule has 0 radical (unpaired) electrons. The van der Waals surface area contributed by atoms with Gasteiger partial charge in [-0.3, -0.25) is 9.69 Å². The van der Waals surface area contributed by atoms with Gasteiger partial charge in [-0.1, -0.05) is 0 Å². The van der Waals surface area contributed by atoms with Crippen molar-refractivity contribution >= 4 is 17.8 Å². The quantitative estimate of drug-likeness (QED) is 0.630. The van der Waals surface area contributed by atoms with Crippen LogP contribution in [-0.4, -0.2) is 78.1 Å². The third kappa shape index (κ3) is 6.04. The van der Waals surface area contributed by atoms with Gasteiger partial charge in [0.15, 0.2) is 11.6 Å². The number of amides is 2. The fraction of sp³-hybridized carbons (Fsp3) is 0.696. The minimum atomic E-state index is -2.76. The molecule has 0 aliphatic carbocycles. The SMILES string of the molecule is COc1nc(N2CCC(F)(F)CC2)c(F)cc1CN(C)C(=O)[C@@H]1CCCN1C(=O)OC(C)(C)C. The molecule has 3 rings (SSSR count). The summed E-state index contributed by atoms with van der Waals surface area (Å²) in [5.41, 5.74) is -0.342. The van der Waals surface area contributed by atoms with Crippen molar-refractivity contribution in [3.05, 3.63) is 17.4 Å². The van der Waals surface area contributed by atoms with Gasteiger partial charge in [-0.05, 0) is 39.7 Å². The molecule has 2 saturated heterocycles. The molecular weight excluding hydrogens is 453 g/mol. The number of aromatic nitrogens is 1. The van der Waals surface area contributed by atoms with Crippen molar-refractivity contribution in [1.29, 1.82) is 0 Å². The van der Waals surface area contributed by atoms with Crippen molar-refractivity contribution < 1.29 is 32.2 Å². The van der Waals surface area contributed by atoms with Crippen LogP contribution in [-0.2, 0) is 16.1 Å². The number of likely N-dealkylation sites (tertiary alicyclic amines) is 1. The van der Waals surface area contributed by atoms with Crippen molar-refractivity contribution in [3.8, 4) is 5.88 Å². The first kappa shape index (κ1) is 25.9. The molecule has 2 aliphatic rings. The Balaban J connectivity index is 1.72. The van der Waals surface area contributed by atoms with E-state index in [1.165, 1.54) is 27.9 Å². The lowest BCUT2D eigenvalue weighted by molar-refractivity contribution is -0.135. The average molecular weight is 487 g/mol. The summed E-state index contributed by atoms with van der Waals surface area (Å²) >= 11 is 0. The molecule has 0 saturated carbocycles. The Labute approximate surface area is 198 Å². The van der Waals surface area contributed by atoms with Gasteiger partial charge in [-0.25, -0.2) is 18.0 Å². The van der Waals surface area contributed by atoms with E-state index in [2.05, 4.69) is 4.98 Å². The fourth-order valence-corrected chi connectivity index (χ4v) is 4.21. The van der Waals surface area contributed by atoms with Gasteiger partial charge in [0.25, 0.3) is 5.92 Å². The van der Waals surface area contributed by atoms with E-state index in [1.807, 2.05) is 0 Å². The van der Waals surface area contributed by atoms with Gasteiger partial charge in [0.1, 0.15) is 11.6 Å². The third-order valence-corrected chi connectivity index (χ3v) is 5.93. The van der Waals surface area contributed by atoms with Crippen LogP contribution < -0.4 is 9.64 Å². The number of hydrogen-bond donors (Lipinski definition) is 0. The zero-order valence-corrected chi connectivity index (χ0v) is 20.4. The number of methoxy groups -OCH3 is 1.